The van der Waals surface area contributed by atoms with Gasteiger partial charge in [-0.05, 0) is 33.8 Å². The topological polar surface area (TPSA) is 49.9 Å². The van der Waals surface area contributed by atoms with E-state index < -0.39 is 24.1 Å². The maximum Gasteiger partial charge on any atom is 1.00 e. The summed E-state index contributed by atoms with van der Waals surface area (Å²) in [6.45, 7) is 2.82. The molecule has 0 unspecified atom stereocenters. The molecule has 0 saturated carbocycles. The van der Waals surface area contributed by atoms with Crippen molar-refractivity contribution in [1.82, 2.24) is 4.90 Å². The molecule has 1 heterocycles. The Morgan fingerprint density at radius 2 is 1.70 bits per heavy atom. The number of ether oxygens (including phenoxy) is 1. The molecule has 1 aliphatic heterocycles. The van der Waals surface area contributed by atoms with Gasteiger partial charge in [0.05, 0.1) is 0 Å². The molecule has 0 radical (unpaired) electrons. The summed E-state index contributed by atoms with van der Waals surface area (Å²) in [5.74, 6) is 0. The Labute approximate surface area is 200 Å². The number of amides is 1. The van der Waals surface area contributed by atoms with E-state index in [1.54, 1.807) is 25.7 Å². The summed E-state index contributed by atoms with van der Waals surface area (Å²) in [7, 11) is 0. The van der Waals surface area contributed by atoms with Crippen molar-refractivity contribution in [2.75, 3.05) is 31.1 Å². The molecule has 0 N–H and O–H groups in total. The van der Waals surface area contributed by atoms with Gasteiger partial charge in [-0.3, -0.25) is 4.79 Å². The van der Waals surface area contributed by atoms with Gasteiger partial charge in [0, 0.05) is 37.4 Å². The predicted molar refractivity (Wildman–Crippen MR) is 95.3 cm³/mol. The normalized spacial score (nSPS) is 15.2. The fourth-order valence-corrected chi connectivity index (χ4v) is 2.86. The molecule has 0 bridgehead atoms. The van der Waals surface area contributed by atoms with E-state index in [2.05, 4.69) is 0 Å². The zero-order chi connectivity index (χ0) is 19.7. The Morgan fingerprint density at radius 3 is 2.15 bits per heavy atom. The third-order valence-corrected chi connectivity index (χ3v) is 4.25. The monoisotopic (exact) mass is 410 g/mol. The summed E-state index contributed by atoms with van der Waals surface area (Å²) in [6, 6.07) is 2.56. The maximum absolute atomic E-state index is 13.3. The van der Waals surface area contributed by atoms with Gasteiger partial charge in [0.2, 0.25) is 0 Å². The van der Waals surface area contributed by atoms with Gasteiger partial charge >= 0.3 is 64.5 Å². The zero-order valence-electron chi connectivity index (χ0n) is 16.4. The van der Waals surface area contributed by atoms with Gasteiger partial charge < -0.3 is 27.5 Å². The average molecular weight is 410 g/mol. The molecule has 0 aliphatic carbocycles. The largest absolute Gasteiger partial charge is 1.00 e. The molecule has 0 spiro atoms. The fourth-order valence-electron chi connectivity index (χ4n) is 2.86. The van der Waals surface area contributed by atoms with E-state index in [9.17, 15) is 22.5 Å². The second-order valence-electron chi connectivity index (χ2n) is 7.40. The minimum Gasteiger partial charge on any atom is -0.445 e. The first-order chi connectivity index (χ1) is 11.9. The smallest absolute Gasteiger partial charge is 0.445 e. The third-order valence-electron chi connectivity index (χ3n) is 4.25. The van der Waals surface area contributed by atoms with Gasteiger partial charge in [0.1, 0.15) is 11.9 Å². The number of hydrogen-bond donors (Lipinski definition) is 0. The Hall–Kier alpha value is -0.549. The number of aldehydes is 1. The van der Waals surface area contributed by atoms with E-state index in [0.29, 0.717) is 38.2 Å². The van der Waals surface area contributed by atoms with Crippen LogP contribution in [0.1, 0.15) is 36.7 Å². The van der Waals surface area contributed by atoms with Crippen LogP contribution >= 0.6 is 0 Å². The van der Waals surface area contributed by atoms with Gasteiger partial charge in [0.25, 0.3) is 0 Å². The second-order valence-corrected chi connectivity index (χ2v) is 7.40. The van der Waals surface area contributed by atoms with Crippen molar-refractivity contribution >= 4 is 30.5 Å². The number of halogens is 3. The minimum absolute atomic E-state index is 0. The second kappa shape index (κ2) is 9.30. The van der Waals surface area contributed by atoms with Crippen molar-refractivity contribution in [2.24, 2.45) is 0 Å². The van der Waals surface area contributed by atoms with Crippen LogP contribution in [0.3, 0.4) is 0 Å². The van der Waals surface area contributed by atoms with Gasteiger partial charge in [0.15, 0.2) is 0 Å². The number of piperazine rings is 1. The molecule has 1 saturated heterocycles. The summed E-state index contributed by atoms with van der Waals surface area (Å²) < 4.78 is 45.2. The van der Waals surface area contributed by atoms with Gasteiger partial charge in [-0.15, -0.1) is 5.46 Å². The Balaban J connectivity index is 0.00000364. The van der Waals surface area contributed by atoms with E-state index in [-0.39, 0.29) is 62.5 Å². The number of carbonyl (C=O) groups excluding carboxylic acids is 2. The van der Waals surface area contributed by atoms with Crippen molar-refractivity contribution in [1.29, 1.82) is 0 Å². The zero-order valence-corrected chi connectivity index (χ0v) is 19.5. The Kier molecular flexibility index (Phi) is 8.43. The van der Waals surface area contributed by atoms with E-state index in [4.69, 9.17) is 4.74 Å². The summed E-state index contributed by atoms with van der Waals surface area (Å²) in [5, 5.41) is 0. The maximum atomic E-state index is 13.3. The number of anilines is 1. The van der Waals surface area contributed by atoms with Crippen LogP contribution in [0.5, 0.6) is 0 Å². The van der Waals surface area contributed by atoms with Crippen LogP contribution in [0.2, 0.25) is 0 Å². The summed E-state index contributed by atoms with van der Waals surface area (Å²) >= 11 is 0. The molecule has 144 valence electrons. The van der Waals surface area contributed by atoms with E-state index in [1.165, 1.54) is 17.9 Å². The number of nitrogens with zero attached hydrogens (tertiary/aromatic N) is 2. The number of rotatable bonds is 3. The molecule has 0 aromatic heterocycles. The molecular weight excluding hydrogens is 387 g/mol. The van der Waals surface area contributed by atoms with Crippen LogP contribution in [0.25, 0.3) is 0 Å². The number of benzene rings is 1. The molecule has 1 aromatic carbocycles. The van der Waals surface area contributed by atoms with Crippen LogP contribution in [-0.4, -0.2) is 56.0 Å². The van der Waals surface area contributed by atoms with Crippen LogP contribution in [0.4, 0.5) is 23.4 Å². The Morgan fingerprint density at radius 1 is 1.15 bits per heavy atom. The first kappa shape index (κ1) is 24.5. The van der Waals surface area contributed by atoms with Gasteiger partial charge in [-0.25, -0.2) is 4.79 Å². The van der Waals surface area contributed by atoms with E-state index in [0.717, 1.165) is 6.07 Å². The molecule has 10 heteroatoms. The molecular formula is C17H23BF3KN2O3. The van der Waals surface area contributed by atoms with Crippen molar-refractivity contribution in [3.8, 4) is 0 Å². The first-order valence-electron chi connectivity index (χ1n) is 8.45. The average Bonchev–Trinajstić information content (AvgIpc) is 2.52. The SMILES string of the molecule is Cc1c(C=O)cc(N2CCN(C(=O)OC(C)(C)C)CC2)cc1[B-](F)(F)F.[K+]. The van der Waals surface area contributed by atoms with Crippen LogP contribution in [0, 0.1) is 6.92 Å². The summed E-state index contributed by atoms with van der Waals surface area (Å²) in [4.78, 5) is 26.5. The molecule has 27 heavy (non-hydrogen) atoms. The molecule has 2 rings (SSSR count). The molecule has 1 fully saturated rings. The molecule has 1 aromatic rings. The van der Waals surface area contributed by atoms with Crippen LogP contribution in [0.15, 0.2) is 12.1 Å². The number of carbonyl (C=O) groups is 2. The van der Waals surface area contributed by atoms with Crippen molar-refractivity contribution in [3.05, 3.63) is 23.3 Å². The van der Waals surface area contributed by atoms with Crippen molar-refractivity contribution in [3.63, 3.8) is 0 Å². The van der Waals surface area contributed by atoms with Crippen molar-refractivity contribution in [2.45, 2.75) is 33.3 Å². The molecule has 0 atom stereocenters. The first-order valence-corrected chi connectivity index (χ1v) is 8.45. The van der Waals surface area contributed by atoms with Gasteiger partial charge in [-0.2, -0.15) is 0 Å². The summed E-state index contributed by atoms with van der Waals surface area (Å²) in [6.07, 6.45) is 0.00938. The van der Waals surface area contributed by atoms with Crippen LogP contribution < -0.4 is 61.7 Å². The quantitative estimate of drug-likeness (QED) is 0.517. The third kappa shape index (κ3) is 6.49. The minimum atomic E-state index is -5.21. The van der Waals surface area contributed by atoms with E-state index >= 15 is 0 Å². The number of hydrogen-bond acceptors (Lipinski definition) is 4. The molecule has 1 amide bonds. The van der Waals surface area contributed by atoms with Gasteiger partial charge in [-0.1, -0.05) is 11.6 Å². The predicted octanol–water partition coefficient (Wildman–Crippen LogP) is -0.0770. The molecule has 5 nitrogen and oxygen atoms in total. The van der Waals surface area contributed by atoms with E-state index in [1.807, 2.05) is 0 Å². The van der Waals surface area contributed by atoms with Crippen LogP contribution in [-0.2, 0) is 4.74 Å². The van der Waals surface area contributed by atoms with Crippen molar-refractivity contribution < 1.29 is 78.7 Å². The standard InChI is InChI=1S/C17H23BF3N2O3.K/c1-12-13(11-24)9-14(10-15(12)18(19,20)21)22-5-7-23(8-6-22)16(25)26-17(2,3)4;/h9-11H,5-8H2,1-4H3;/q-1;+1. The molecule has 1 aliphatic rings. The Bertz CT molecular complexity index is 700. The summed E-state index contributed by atoms with van der Waals surface area (Å²) in [5.41, 5.74) is -1.03. The fraction of sp³-hybridized carbons (Fsp3) is 0.529.